The molecule has 4 heteroatoms. The number of anilines is 1. The molecule has 0 N–H and O–H groups in total. The van der Waals surface area contributed by atoms with Gasteiger partial charge in [-0.25, -0.2) is 12.7 Å². The molecule has 3 nitrogen and oxygen atoms in total. The fourth-order valence-corrected chi connectivity index (χ4v) is 3.42. The van der Waals surface area contributed by atoms with E-state index in [1.807, 2.05) is 25.1 Å². The van der Waals surface area contributed by atoms with Crippen molar-refractivity contribution >= 4 is 15.7 Å². The Balaban J connectivity index is 2.56. The number of nitrogens with zero attached hydrogens (tertiary/aromatic N) is 1. The molecular weight excluding hydrogens is 270 g/mol. The van der Waals surface area contributed by atoms with Gasteiger partial charge in [0.1, 0.15) is 0 Å². The van der Waals surface area contributed by atoms with Gasteiger partial charge in [0.05, 0.1) is 10.6 Å². The molecule has 2 aromatic rings. The minimum atomic E-state index is -3.62. The van der Waals surface area contributed by atoms with Crippen LogP contribution in [0.5, 0.6) is 0 Å². The lowest BCUT2D eigenvalue weighted by Crippen LogP contribution is -2.26. The zero-order valence-corrected chi connectivity index (χ0v) is 12.2. The lowest BCUT2D eigenvalue weighted by Gasteiger charge is -2.22. The molecule has 0 amide bonds. The van der Waals surface area contributed by atoms with Crippen LogP contribution in [0, 0.1) is 0 Å². The second kappa shape index (κ2) is 5.92. The van der Waals surface area contributed by atoms with Crippen LogP contribution >= 0.6 is 0 Å². The summed E-state index contributed by atoms with van der Waals surface area (Å²) in [6, 6.07) is 15.8. The summed E-state index contributed by atoms with van der Waals surface area (Å²) in [6.45, 7) is 5.65. The van der Waals surface area contributed by atoms with E-state index in [-0.39, 0.29) is 4.90 Å². The van der Waals surface area contributed by atoms with Gasteiger partial charge in [-0.05, 0) is 30.2 Å². The van der Waals surface area contributed by atoms with Crippen molar-refractivity contribution < 1.29 is 8.42 Å². The van der Waals surface area contributed by atoms with Crippen LogP contribution in [-0.4, -0.2) is 8.42 Å². The summed E-state index contributed by atoms with van der Waals surface area (Å²) in [4.78, 5) is 0.255. The molecule has 0 radical (unpaired) electrons. The first-order valence-corrected chi connectivity index (χ1v) is 7.85. The molecule has 0 heterocycles. The van der Waals surface area contributed by atoms with Gasteiger partial charge in [0, 0.05) is 6.20 Å². The standard InChI is InChI=1S/C16H17NO2S/c1-3-14-10-8-9-13-16(14)17(4-2)20(18,19)15-11-6-5-7-12-15/h4-13H,2-3H2,1H3. The van der Waals surface area contributed by atoms with Gasteiger partial charge in [-0.3, -0.25) is 0 Å². The highest BCUT2D eigenvalue weighted by Gasteiger charge is 2.23. The van der Waals surface area contributed by atoms with Crippen LogP contribution in [0.25, 0.3) is 0 Å². The smallest absolute Gasteiger partial charge is 0.242 e. The quantitative estimate of drug-likeness (QED) is 0.842. The van der Waals surface area contributed by atoms with Gasteiger partial charge in [0.2, 0.25) is 0 Å². The zero-order valence-electron chi connectivity index (χ0n) is 11.4. The third kappa shape index (κ3) is 2.60. The number of hydrogen-bond donors (Lipinski definition) is 0. The monoisotopic (exact) mass is 287 g/mol. The van der Waals surface area contributed by atoms with Crippen LogP contribution in [0.2, 0.25) is 0 Å². The maximum atomic E-state index is 12.7. The summed E-state index contributed by atoms with van der Waals surface area (Å²) in [5, 5.41) is 0. The van der Waals surface area contributed by atoms with E-state index >= 15 is 0 Å². The molecule has 0 atom stereocenters. The Morgan fingerprint density at radius 1 is 1.05 bits per heavy atom. The third-order valence-electron chi connectivity index (χ3n) is 3.08. The molecule has 0 aromatic heterocycles. The number of hydrogen-bond acceptors (Lipinski definition) is 2. The Morgan fingerprint density at radius 3 is 2.25 bits per heavy atom. The summed E-state index contributed by atoms with van der Waals surface area (Å²) in [6.07, 6.45) is 2.10. The first-order chi connectivity index (χ1) is 9.61. The lowest BCUT2D eigenvalue weighted by atomic mass is 10.1. The highest BCUT2D eigenvalue weighted by atomic mass is 32.2. The van der Waals surface area contributed by atoms with Crippen molar-refractivity contribution in [2.24, 2.45) is 0 Å². The summed E-state index contributed by atoms with van der Waals surface area (Å²) in [5.41, 5.74) is 1.61. The topological polar surface area (TPSA) is 37.4 Å². The van der Waals surface area contributed by atoms with E-state index in [9.17, 15) is 8.42 Å². The molecule has 0 aliphatic rings. The molecule has 0 saturated heterocycles. The molecule has 104 valence electrons. The average molecular weight is 287 g/mol. The second-order valence-corrected chi connectivity index (χ2v) is 6.09. The molecule has 0 aliphatic carbocycles. The first-order valence-electron chi connectivity index (χ1n) is 6.41. The van der Waals surface area contributed by atoms with E-state index in [0.717, 1.165) is 12.0 Å². The van der Waals surface area contributed by atoms with Crippen molar-refractivity contribution in [3.8, 4) is 0 Å². The molecule has 0 bridgehead atoms. The van der Waals surface area contributed by atoms with E-state index in [2.05, 4.69) is 6.58 Å². The average Bonchev–Trinajstić information content (AvgIpc) is 2.49. The van der Waals surface area contributed by atoms with Crippen LogP contribution in [0.3, 0.4) is 0 Å². The molecule has 0 spiro atoms. The summed E-state index contributed by atoms with van der Waals surface area (Å²) in [7, 11) is -3.62. The Labute approximate surface area is 120 Å². The van der Waals surface area contributed by atoms with Gasteiger partial charge >= 0.3 is 0 Å². The normalized spacial score (nSPS) is 11.1. The van der Waals surface area contributed by atoms with E-state index in [1.165, 1.54) is 10.5 Å². The number of rotatable bonds is 5. The molecule has 0 fully saturated rings. The fraction of sp³-hybridized carbons (Fsp3) is 0.125. The van der Waals surface area contributed by atoms with Crippen molar-refractivity contribution in [2.75, 3.05) is 4.31 Å². The van der Waals surface area contributed by atoms with Gasteiger partial charge in [-0.15, -0.1) is 0 Å². The summed E-state index contributed by atoms with van der Waals surface area (Å²) >= 11 is 0. The third-order valence-corrected chi connectivity index (χ3v) is 4.81. The van der Waals surface area contributed by atoms with Crippen molar-refractivity contribution in [3.63, 3.8) is 0 Å². The molecule has 20 heavy (non-hydrogen) atoms. The van der Waals surface area contributed by atoms with Crippen LogP contribution < -0.4 is 4.31 Å². The highest BCUT2D eigenvalue weighted by molar-refractivity contribution is 7.93. The minimum absolute atomic E-state index is 0.255. The van der Waals surface area contributed by atoms with Crippen molar-refractivity contribution in [3.05, 3.63) is 72.9 Å². The van der Waals surface area contributed by atoms with E-state index in [1.54, 1.807) is 36.4 Å². The first kappa shape index (κ1) is 14.3. The van der Waals surface area contributed by atoms with Gasteiger partial charge in [-0.2, -0.15) is 0 Å². The predicted molar refractivity (Wildman–Crippen MR) is 82.1 cm³/mol. The lowest BCUT2D eigenvalue weighted by molar-refractivity contribution is 0.596. The zero-order chi connectivity index (χ0) is 14.6. The highest BCUT2D eigenvalue weighted by Crippen LogP contribution is 2.27. The predicted octanol–water partition coefficient (Wildman–Crippen LogP) is 3.59. The van der Waals surface area contributed by atoms with Gasteiger partial charge in [0.25, 0.3) is 10.0 Å². The van der Waals surface area contributed by atoms with Gasteiger partial charge in [-0.1, -0.05) is 49.9 Å². The Kier molecular flexibility index (Phi) is 4.25. The molecule has 0 unspecified atom stereocenters. The number of aryl methyl sites for hydroxylation is 1. The van der Waals surface area contributed by atoms with Gasteiger partial charge in [0.15, 0.2) is 0 Å². The minimum Gasteiger partial charge on any atom is -0.242 e. The maximum Gasteiger partial charge on any atom is 0.268 e. The van der Waals surface area contributed by atoms with Crippen LogP contribution in [0.1, 0.15) is 12.5 Å². The SMILES string of the molecule is C=CN(c1ccccc1CC)S(=O)(=O)c1ccccc1. The molecule has 0 aliphatic heterocycles. The molecular formula is C16H17NO2S. The van der Waals surface area contributed by atoms with Crippen LogP contribution in [-0.2, 0) is 16.4 Å². The number of para-hydroxylation sites is 1. The number of benzene rings is 2. The molecule has 2 aromatic carbocycles. The summed E-state index contributed by atoms with van der Waals surface area (Å²) < 4.78 is 26.6. The van der Waals surface area contributed by atoms with Crippen molar-refractivity contribution in [1.29, 1.82) is 0 Å². The molecule has 2 rings (SSSR count). The summed E-state index contributed by atoms with van der Waals surface area (Å²) in [5.74, 6) is 0. The molecule has 0 saturated carbocycles. The maximum absolute atomic E-state index is 12.7. The largest absolute Gasteiger partial charge is 0.268 e. The fourth-order valence-electron chi connectivity index (χ4n) is 2.06. The van der Waals surface area contributed by atoms with Crippen LogP contribution in [0.15, 0.2) is 72.3 Å². The van der Waals surface area contributed by atoms with Crippen LogP contribution in [0.4, 0.5) is 5.69 Å². The van der Waals surface area contributed by atoms with E-state index in [4.69, 9.17) is 0 Å². The second-order valence-electron chi connectivity index (χ2n) is 4.28. The number of sulfonamides is 1. The van der Waals surface area contributed by atoms with Crippen molar-refractivity contribution in [2.45, 2.75) is 18.2 Å². The van der Waals surface area contributed by atoms with Gasteiger partial charge < -0.3 is 0 Å². The van der Waals surface area contributed by atoms with Crippen molar-refractivity contribution in [1.82, 2.24) is 0 Å². The Bertz CT molecular complexity index is 693. The Morgan fingerprint density at radius 2 is 1.65 bits per heavy atom. The van der Waals surface area contributed by atoms with E-state index in [0.29, 0.717) is 5.69 Å². The van der Waals surface area contributed by atoms with E-state index < -0.39 is 10.0 Å². The Hall–Kier alpha value is -2.07.